The molecule has 0 N–H and O–H groups in total. The molecule has 5 rings (SSSR count). The number of amides is 1. The average Bonchev–Trinajstić information content (AvgIpc) is 3.18. The Labute approximate surface area is 199 Å². The van der Waals surface area contributed by atoms with Crippen LogP contribution in [-0.2, 0) is 13.1 Å². The molecule has 0 atom stereocenters. The summed E-state index contributed by atoms with van der Waals surface area (Å²) in [6.07, 6.45) is 0. The number of imidazole rings is 1. The van der Waals surface area contributed by atoms with Crippen molar-refractivity contribution in [2.45, 2.75) is 20.0 Å². The number of hydrogen-bond acceptors (Lipinski definition) is 4. The Morgan fingerprint density at radius 1 is 1.06 bits per heavy atom. The van der Waals surface area contributed by atoms with Gasteiger partial charge in [0.2, 0.25) is 0 Å². The highest BCUT2D eigenvalue weighted by molar-refractivity contribution is 8.14. The monoisotopic (exact) mass is 478 g/mol. The summed E-state index contributed by atoms with van der Waals surface area (Å²) in [7, 11) is 0. The molecule has 1 aliphatic rings. The highest BCUT2D eigenvalue weighted by Gasteiger charge is 2.23. The largest absolute Gasteiger partial charge is 0.324 e. The molecule has 0 bridgehead atoms. The maximum atomic E-state index is 13.8. The van der Waals surface area contributed by atoms with Crippen LogP contribution in [0.25, 0.3) is 22.4 Å². The molecule has 0 radical (unpaired) electrons. The fourth-order valence-electron chi connectivity index (χ4n) is 3.95. The van der Waals surface area contributed by atoms with Gasteiger partial charge >= 0.3 is 5.24 Å². The molecule has 3 aromatic carbocycles. The summed E-state index contributed by atoms with van der Waals surface area (Å²) in [4.78, 5) is 17.2. The smallest absolute Gasteiger partial charge is 0.302 e. The third kappa shape index (κ3) is 4.38. The summed E-state index contributed by atoms with van der Waals surface area (Å²) in [6, 6.07) is 19.9. The maximum absolute atomic E-state index is 13.8. The van der Waals surface area contributed by atoms with Gasteiger partial charge in [-0.25, -0.2) is 14.4 Å². The van der Waals surface area contributed by atoms with Crippen molar-refractivity contribution >= 4 is 45.3 Å². The van der Waals surface area contributed by atoms with Crippen molar-refractivity contribution in [2.75, 3.05) is 5.75 Å². The van der Waals surface area contributed by atoms with Crippen molar-refractivity contribution in [1.82, 2.24) is 14.6 Å². The van der Waals surface area contributed by atoms with Crippen LogP contribution in [0.4, 0.5) is 9.18 Å². The predicted molar refractivity (Wildman–Crippen MR) is 132 cm³/mol. The van der Waals surface area contributed by atoms with Crippen LogP contribution < -0.4 is 0 Å². The van der Waals surface area contributed by atoms with Crippen molar-refractivity contribution in [3.8, 4) is 11.4 Å². The maximum Gasteiger partial charge on any atom is 0.302 e. The molecule has 4 aromatic rings. The topological polar surface area (TPSA) is 50.5 Å². The number of rotatable bonds is 5. The number of aryl methyl sites for hydroxylation is 1. The zero-order valence-electron chi connectivity index (χ0n) is 17.8. The van der Waals surface area contributed by atoms with Crippen molar-refractivity contribution in [2.24, 2.45) is 5.10 Å². The fraction of sp³-hybridized carbons (Fsp3) is 0.160. The second-order valence-electron chi connectivity index (χ2n) is 7.68. The van der Waals surface area contributed by atoms with E-state index in [0.717, 1.165) is 39.3 Å². The third-order valence-corrected chi connectivity index (χ3v) is 6.60. The number of aromatic nitrogens is 2. The number of benzene rings is 3. The first-order valence-corrected chi connectivity index (χ1v) is 11.9. The van der Waals surface area contributed by atoms with E-state index in [1.165, 1.54) is 28.9 Å². The van der Waals surface area contributed by atoms with Gasteiger partial charge < -0.3 is 4.57 Å². The summed E-state index contributed by atoms with van der Waals surface area (Å²) < 4.78 is 15.9. The van der Waals surface area contributed by atoms with E-state index in [4.69, 9.17) is 16.6 Å². The molecule has 5 nitrogen and oxygen atoms in total. The lowest BCUT2D eigenvalue weighted by molar-refractivity contribution is 0.222. The molecule has 0 spiro atoms. The minimum Gasteiger partial charge on any atom is -0.324 e. The van der Waals surface area contributed by atoms with E-state index in [2.05, 4.69) is 9.67 Å². The molecule has 0 aliphatic carbocycles. The van der Waals surface area contributed by atoms with Crippen molar-refractivity contribution in [3.63, 3.8) is 0 Å². The zero-order valence-corrected chi connectivity index (χ0v) is 19.4. The number of hydrogen-bond donors (Lipinski definition) is 0. The second-order valence-corrected chi connectivity index (χ2v) is 9.05. The van der Waals surface area contributed by atoms with Gasteiger partial charge in [-0.05, 0) is 48.9 Å². The van der Waals surface area contributed by atoms with Crippen molar-refractivity contribution < 1.29 is 9.18 Å². The number of carbonyl (C=O) groups excluding carboxylic acids is 1. The third-order valence-electron chi connectivity index (χ3n) is 5.49. The van der Waals surface area contributed by atoms with E-state index in [0.29, 0.717) is 23.9 Å². The van der Waals surface area contributed by atoms with Gasteiger partial charge in [0.1, 0.15) is 11.6 Å². The lowest BCUT2D eigenvalue weighted by atomic mass is 10.1. The highest BCUT2D eigenvalue weighted by Crippen LogP contribution is 2.28. The molecule has 166 valence electrons. The van der Waals surface area contributed by atoms with Gasteiger partial charge in [0.05, 0.1) is 23.3 Å². The van der Waals surface area contributed by atoms with Crippen LogP contribution in [0.5, 0.6) is 0 Å². The molecule has 0 unspecified atom stereocenters. The Morgan fingerprint density at radius 3 is 2.70 bits per heavy atom. The van der Waals surface area contributed by atoms with Crippen LogP contribution >= 0.6 is 23.4 Å². The van der Waals surface area contributed by atoms with Gasteiger partial charge in [0.15, 0.2) is 0 Å². The van der Waals surface area contributed by atoms with Crippen molar-refractivity contribution in [3.05, 3.63) is 88.7 Å². The Hall–Kier alpha value is -3.16. The minimum absolute atomic E-state index is 0.0940. The normalized spacial score (nSPS) is 14.1. The first-order chi connectivity index (χ1) is 16.0. The van der Waals surface area contributed by atoms with E-state index in [9.17, 15) is 9.18 Å². The molecule has 1 aromatic heterocycles. The molecule has 1 aliphatic heterocycles. The van der Waals surface area contributed by atoms with Gasteiger partial charge in [-0.2, -0.15) is 5.10 Å². The van der Waals surface area contributed by atoms with E-state index < -0.39 is 0 Å². The van der Waals surface area contributed by atoms with Crippen LogP contribution in [0.3, 0.4) is 0 Å². The summed E-state index contributed by atoms with van der Waals surface area (Å²) in [5.74, 6) is 0.921. The molecule has 1 amide bonds. The number of thioether (sulfide) groups is 1. The summed E-state index contributed by atoms with van der Waals surface area (Å²) >= 11 is 7.31. The number of halogens is 2. The molecule has 0 saturated heterocycles. The molecule has 2 heterocycles. The highest BCUT2D eigenvalue weighted by atomic mass is 35.5. The quantitative estimate of drug-likeness (QED) is 0.325. The number of hydrazone groups is 1. The van der Waals surface area contributed by atoms with E-state index in [1.807, 2.05) is 49.4 Å². The Kier molecular flexibility index (Phi) is 5.91. The van der Waals surface area contributed by atoms with E-state index in [-0.39, 0.29) is 11.1 Å². The first-order valence-electron chi connectivity index (χ1n) is 10.5. The average molecular weight is 479 g/mol. The van der Waals surface area contributed by atoms with Crippen molar-refractivity contribution in [1.29, 1.82) is 0 Å². The molecular weight excluding hydrogens is 459 g/mol. The van der Waals surface area contributed by atoms with E-state index >= 15 is 0 Å². The number of fused-ring (bicyclic) bond motifs is 1. The van der Waals surface area contributed by atoms with Gasteiger partial charge in [-0.15, -0.1) is 0 Å². The lowest BCUT2D eigenvalue weighted by Crippen LogP contribution is -2.29. The Bertz CT molecular complexity index is 1400. The van der Waals surface area contributed by atoms with Crippen LogP contribution in [0, 0.1) is 5.82 Å². The van der Waals surface area contributed by atoms with Gasteiger partial charge in [0, 0.05) is 28.4 Å². The standard InChI is InChI=1S/C25H20ClFN4OS/c1-2-30-23-10-9-17(13-21(23)28-24(30)18-6-4-8-20(27)12-18)22-15-33-25(32)31(29-22)14-16-5-3-7-19(26)11-16/h3-13H,2,14-15H2,1H3. The summed E-state index contributed by atoms with van der Waals surface area (Å²) in [5, 5.41) is 6.64. The van der Waals surface area contributed by atoms with Gasteiger partial charge in [-0.1, -0.05) is 53.7 Å². The Balaban J connectivity index is 1.51. The van der Waals surface area contributed by atoms with Crippen LogP contribution in [0.1, 0.15) is 18.1 Å². The van der Waals surface area contributed by atoms with E-state index in [1.54, 1.807) is 12.1 Å². The minimum atomic E-state index is -0.291. The second kappa shape index (κ2) is 9.00. The zero-order chi connectivity index (χ0) is 22.9. The Morgan fingerprint density at radius 2 is 1.91 bits per heavy atom. The molecule has 8 heteroatoms. The first kappa shape index (κ1) is 21.7. The van der Waals surface area contributed by atoms with Crippen LogP contribution in [0.15, 0.2) is 71.8 Å². The van der Waals surface area contributed by atoms with Crippen LogP contribution in [-0.4, -0.2) is 31.3 Å². The summed E-state index contributed by atoms with van der Waals surface area (Å²) in [5.41, 5.74) is 5.14. The van der Waals surface area contributed by atoms with Gasteiger partial charge in [-0.3, -0.25) is 4.79 Å². The van der Waals surface area contributed by atoms with Crippen LogP contribution in [0.2, 0.25) is 5.02 Å². The fourth-order valence-corrected chi connectivity index (χ4v) is 4.90. The lowest BCUT2D eigenvalue weighted by Gasteiger charge is -2.23. The SMILES string of the molecule is CCn1c(-c2cccc(F)c2)nc2cc(C3=NN(Cc4cccc(Cl)c4)C(=O)SC3)ccc21. The summed E-state index contributed by atoms with van der Waals surface area (Å²) in [6.45, 7) is 3.10. The predicted octanol–water partition coefficient (Wildman–Crippen LogP) is 6.59. The molecule has 0 saturated carbocycles. The number of nitrogens with zero attached hydrogens (tertiary/aromatic N) is 4. The molecule has 33 heavy (non-hydrogen) atoms. The molecule has 0 fully saturated rings. The van der Waals surface area contributed by atoms with Gasteiger partial charge in [0.25, 0.3) is 0 Å². The molecular formula is C25H20ClFN4OS. The number of carbonyl (C=O) groups is 1.